The predicted molar refractivity (Wildman–Crippen MR) is 106 cm³/mol. The Bertz CT molecular complexity index is 789. The minimum atomic E-state index is -0.137. The summed E-state index contributed by atoms with van der Waals surface area (Å²) in [5, 5.41) is 6.37. The number of carbonyl (C=O) groups excluding carboxylic acids is 2. The first-order valence-corrected chi connectivity index (χ1v) is 9.93. The molecule has 150 valence electrons. The lowest BCUT2D eigenvalue weighted by atomic mass is 10.2. The van der Waals surface area contributed by atoms with Crippen molar-refractivity contribution in [2.75, 3.05) is 44.6 Å². The second kappa shape index (κ2) is 9.73. The van der Waals surface area contributed by atoms with E-state index in [1.807, 2.05) is 31.2 Å². The monoisotopic (exact) mass is 406 g/mol. The molecule has 1 saturated heterocycles. The highest BCUT2D eigenvalue weighted by atomic mass is 35.5. The standard InChI is InChI=1S/C20H25ClN4O3/c1-15(18-7-4-12-28-18)22-19(26)13-24-8-10-25(11-9-24)14-20(27)23-17-6-3-2-5-16(17)21/h2-7,12,15H,8-11,13-14H2,1H3,(H,22,26)(H,23,27)/p+2/t15-/m1/s1. The van der Waals surface area contributed by atoms with Crippen molar-refractivity contribution in [3.8, 4) is 0 Å². The van der Waals surface area contributed by atoms with E-state index in [9.17, 15) is 9.59 Å². The highest BCUT2D eigenvalue weighted by Crippen LogP contribution is 2.19. The fourth-order valence-electron chi connectivity index (χ4n) is 3.42. The minimum Gasteiger partial charge on any atom is -0.467 e. The zero-order valence-corrected chi connectivity index (χ0v) is 16.7. The maximum atomic E-state index is 12.3. The van der Waals surface area contributed by atoms with Gasteiger partial charge in [0.15, 0.2) is 13.1 Å². The zero-order valence-electron chi connectivity index (χ0n) is 16.0. The highest BCUT2D eigenvalue weighted by Gasteiger charge is 2.27. The summed E-state index contributed by atoms with van der Waals surface area (Å²) >= 11 is 6.08. The molecule has 1 aliphatic rings. The van der Waals surface area contributed by atoms with Gasteiger partial charge >= 0.3 is 0 Å². The Labute approximate surface area is 169 Å². The van der Waals surface area contributed by atoms with Gasteiger partial charge in [-0.05, 0) is 31.2 Å². The summed E-state index contributed by atoms with van der Waals surface area (Å²) in [6.45, 7) is 6.17. The normalized spacial score (nSPS) is 20.4. The number of para-hydroxylation sites is 1. The van der Waals surface area contributed by atoms with Crippen LogP contribution in [0.4, 0.5) is 5.69 Å². The lowest BCUT2D eigenvalue weighted by Gasteiger charge is -2.29. The average molecular weight is 407 g/mol. The molecule has 1 aromatic heterocycles. The average Bonchev–Trinajstić information content (AvgIpc) is 3.20. The molecule has 0 spiro atoms. The molecule has 7 nitrogen and oxygen atoms in total. The topological polar surface area (TPSA) is 80.2 Å². The molecule has 1 aromatic carbocycles. The van der Waals surface area contributed by atoms with Crippen molar-refractivity contribution in [1.29, 1.82) is 0 Å². The van der Waals surface area contributed by atoms with Gasteiger partial charge in [0.05, 0.1) is 23.0 Å². The molecule has 2 aromatic rings. The zero-order chi connectivity index (χ0) is 19.9. The maximum Gasteiger partial charge on any atom is 0.279 e. The molecule has 1 aliphatic heterocycles. The van der Waals surface area contributed by atoms with Crippen LogP contribution in [-0.2, 0) is 9.59 Å². The summed E-state index contributed by atoms with van der Waals surface area (Å²) < 4.78 is 5.32. The van der Waals surface area contributed by atoms with E-state index in [1.54, 1.807) is 18.4 Å². The largest absolute Gasteiger partial charge is 0.467 e. The molecule has 0 bridgehead atoms. The van der Waals surface area contributed by atoms with Crippen LogP contribution in [0.2, 0.25) is 5.02 Å². The third-order valence-electron chi connectivity index (χ3n) is 4.98. The molecule has 0 saturated carbocycles. The molecule has 0 aliphatic carbocycles. The van der Waals surface area contributed by atoms with Gasteiger partial charge in [0.25, 0.3) is 11.8 Å². The fraction of sp³-hybridized carbons (Fsp3) is 0.400. The SMILES string of the molecule is C[C@@H](NC(=O)C[NH+]1CC[NH+](CC(=O)Nc2ccccc2Cl)CC1)c1ccco1. The van der Waals surface area contributed by atoms with E-state index in [-0.39, 0.29) is 17.9 Å². The van der Waals surface area contributed by atoms with Crippen molar-refractivity contribution < 1.29 is 23.8 Å². The number of quaternary nitrogens is 2. The van der Waals surface area contributed by atoms with Crippen LogP contribution in [0.1, 0.15) is 18.7 Å². The quantitative estimate of drug-likeness (QED) is 0.502. The molecule has 1 atom stereocenters. The Morgan fingerprint density at radius 2 is 1.68 bits per heavy atom. The predicted octanol–water partition coefficient (Wildman–Crippen LogP) is -0.468. The Hall–Kier alpha value is -2.35. The second-order valence-corrected chi connectivity index (χ2v) is 7.59. The molecular formula is C20H27ClN4O3+2. The van der Waals surface area contributed by atoms with Gasteiger partial charge in [-0.2, -0.15) is 0 Å². The highest BCUT2D eigenvalue weighted by molar-refractivity contribution is 6.33. The number of halogens is 1. The van der Waals surface area contributed by atoms with Crippen molar-refractivity contribution in [3.63, 3.8) is 0 Å². The molecule has 0 radical (unpaired) electrons. The summed E-state index contributed by atoms with van der Waals surface area (Å²) in [6, 6.07) is 10.7. The van der Waals surface area contributed by atoms with E-state index in [1.165, 1.54) is 9.80 Å². The van der Waals surface area contributed by atoms with E-state index in [4.69, 9.17) is 16.0 Å². The van der Waals surface area contributed by atoms with Gasteiger partial charge in [-0.3, -0.25) is 9.59 Å². The summed E-state index contributed by atoms with van der Waals surface area (Å²) in [7, 11) is 0. The minimum absolute atomic E-state index is 0.0128. The summed E-state index contributed by atoms with van der Waals surface area (Å²) in [5.41, 5.74) is 0.639. The Morgan fingerprint density at radius 1 is 1.04 bits per heavy atom. The number of benzene rings is 1. The van der Waals surface area contributed by atoms with Crippen LogP contribution in [0.25, 0.3) is 0 Å². The van der Waals surface area contributed by atoms with E-state index in [0.717, 1.165) is 31.9 Å². The maximum absolute atomic E-state index is 12.3. The molecule has 28 heavy (non-hydrogen) atoms. The first-order valence-electron chi connectivity index (χ1n) is 9.55. The molecule has 0 unspecified atom stereocenters. The fourth-order valence-corrected chi connectivity index (χ4v) is 3.61. The summed E-state index contributed by atoms with van der Waals surface area (Å²) in [4.78, 5) is 27.0. The van der Waals surface area contributed by atoms with Crippen LogP contribution in [0.15, 0.2) is 47.1 Å². The van der Waals surface area contributed by atoms with Gasteiger partial charge in [0.2, 0.25) is 0 Å². The van der Waals surface area contributed by atoms with Crippen LogP contribution in [0.5, 0.6) is 0 Å². The number of hydrogen-bond donors (Lipinski definition) is 4. The van der Waals surface area contributed by atoms with Crippen molar-refractivity contribution in [2.24, 2.45) is 0 Å². The molecule has 8 heteroatoms. The van der Waals surface area contributed by atoms with E-state index in [0.29, 0.717) is 23.8 Å². The Balaban J connectivity index is 1.37. The smallest absolute Gasteiger partial charge is 0.279 e. The lowest BCUT2D eigenvalue weighted by Crippen LogP contribution is -3.28. The van der Waals surface area contributed by atoms with Crippen molar-refractivity contribution in [1.82, 2.24) is 5.32 Å². The van der Waals surface area contributed by atoms with Gasteiger partial charge in [-0.25, -0.2) is 0 Å². The van der Waals surface area contributed by atoms with Crippen LogP contribution >= 0.6 is 11.6 Å². The first kappa shape index (κ1) is 20.4. The third-order valence-corrected chi connectivity index (χ3v) is 5.31. The van der Waals surface area contributed by atoms with Gasteiger partial charge < -0.3 is 24.9 Å². The van der Waals surface area contributed by atoms with Gasteiger partial charge in [0.1, 0.15) is 31.9 Å². The first-order chi connectivity index (χ1) is 13.5. The number of amides is 2. The van der Waals surface area contributed by atoms with Crippen LogP contribution < -0.4 is 20.4 Å². The molecule has 2 amide bonds. The van der Waals surface area contributed by atoms with Crippen molar-refractivity contribution in [3.05, 3.63) is 53.4 Å². The lowest BCUT2D eigenvalue weighted by molar-refractivity contribution is -1.00. The summed E-state index contributed by atoms with van der Waals surface area (Å²) in [6.07, 6.45) is 1.60. The number of hydrogen-bond acceptors (Lipinski definition) is 3. The van der Waals surface area contributed by atoms with E-state index < -0.39 is 0 Å². The second-order valence-electron chi connectivity index (χ2n) is 7.19. The molecule has 3 rings (SSSR count). The van der Waals surface area contributed by atoms with Gasteiger partial charge in [-0.15, -0.1) is 0 Å². The van der Waals surface area contributed by atoms with Gasteiger partial charge in [0, 0.05) is 0 Å². The number of furan rings is 1. The number of nitrogens with one attached hydrogen (secondary N) is 4. The van der Waals surface area contributed by atoms with Crippen LogP contribution in [-0.4, -0.2) is 51.1 Å². The Morgan fingerprint density at radius 3 is 2.29 bits per heavy atom. The Kier molecular flexibility index (Phi) is 7.08. The van der Waals surface area contributed by atoms with Crippen molar-refractivity contribution >= 4 is 29.1 Å². The molecule has 1 fully saturated rings. The summed E-state index contributed by atoms with van der Waals surface area (Å²) in [5.74, 6) is 0.720. The van der Waals surface area contributed by atoms with Crippen LogP contribution in [0.3, 0.4) is 0 Å². The number of rotatable bonds is 7. The van der Waals surface area contributed by atoms with Crippen molar-refractivity contribution in [2.45, 2.75) is 13.0 Å². The number of anilines is 1. The van der Waals surface area contributed by atoms with E-state index >= 15 is 0 Å². The molecule has 2 heterocycles. The van der Waals surface area contributed by atoms with E-state index in [2.05, 4.69) is 10.6 Å². The number of piperazine rings is 1. The number of carbonyl (C=O) groups is 2. The van der Waals surface area contributed by atoms with Gasteiger partial charge in [-0.1, -0.05) is 23.7 Å². The van der Waals surface area contributed by atoms with Crippen LogP contribution in [0, 0.1) is 0 Å². The third kappa shape index (κ3) is 5.82. The molecular weight excluding hydrogens is 380 g/mol. The molecule has 4 N–H and O–H groups in total.